The summed E-state index contributed by atoms with van der Waals surface area (Å²) in [4.78, 5) is 11.7. The first-order valence-electron chi connectivity index (χ1n) is 7.16. The Bertz CT molecular complexity index is 609. The normalized spacial score (nSPS) is 12.2. The van der Waals surface area contributed by atoms with Gasteiger partial charge in [0, 0.05) is 18.7 Å². The van der Waals surface area contributed by atoms with Gasteiger partial charge in [0.1, 0.15) is 5.82 Å². The fourth-order valence-corrected chi connectivity index (χ4v) is 2.47. The standard InChI is InChI=1S/C15H23FN2O3S/c1-15(2,3)22(20,21)17-10-5-4-9-14(19)18-13-8-6-7-12(16)11-13/h6-8,11,17H,4-5,9-10H2,1-3H3,(H,18,19). The van der Waals surface area contributed by atoms with E-state index in [0.29, 0.717) is 25.1 Å². The summed E-state index contributed by atoms with van der Waals surface area (Å²) in [6.07, 6.45) is 1.37. The van der Waals surface area contributed by atoms with Crippen molar-refractivity contribution in [2.75, 3.05) is 11.9 Å². The molecule has 7 heteroatoms. The van der Waals surface area contributed by atoms with Crippen LogP contribution in [0.5, 0.6) is 0 Å². The summed E-state index contributed by atoms with van der Waals surface area (Å²) in [5, 5.41) is 2.60. The van der Waals surface area contributed by atoms with Gasteiger partial charge in [0.25, 0.3) is 0 Å². The molecule has 22 heavy (non-hydrogen) atoms. The van der Waals surface area contributed by atoms with Crippen LogP contribution in [0.1, 0.15) is 40.0 Å². The molecule has 2 N–H and O–H groups in total. The van der Waals surface area contributed by atoms with Crippen LogP contribution in [0.4, 0.5) is 10.1 Å². The zero-order valence-corrected chi connectivity index (χ0v) is 14.0. The van der Waals surface area contributed by atoms with Gasteiger partial charge in [0.05, 0.1) is 4.75 Å². The largest absolute Gasteiger partial charge is 0.326 e. The first kappa shape index (κ1) is 18.6. The molecule has 0 saturated heterocycles. The number of unbranched alkanes of at least 4 members (excludes halogenated alkanes) is 1. The van der Waals surface area contributed by atoms with Crippen LogP contribution in [0.3, 0.4) is 0 Å². The lowest BCUT2D eigenvalue weighted by molar-refractivity contribution is -0.116. The number of carbonyl (C=O) groups excluding carboxylic acids is 1. The molecular weight excluding hydrogens is 307 g/mol. The van der Waals surface area contributed by atoms with Crippen molar-refractivity contribution in [3.05, 3.63) is 30.1 Å². The van der Waals surface area contributed by atoms with E-state index in [2.05, 4.69) is 10.0 Å². The highest BCUT2D eigenvalue weighted by molar-refractivity contribution is 7.90. The number of sulfonamides is 1. The third-order valence-corrected chi connectivity index (χ3v) is 5.23. The van der Waals surface area contributed by atoms with Gasteiger partial charge in [-0.15, -0.1) is 0 Å². The Morgan fingerprint density at radius 2 is 1.91 bits per heavy atom. The molecule has 1 aromatic carbocycles. The molecule has 1 rings (SSSR count). The molecule has 0 aliphatic carbocycles. The fraction of sp³-hybridized carbons (Fsp3) is 0.533. The molecule has 0 bridgehead atoms. The van der Waals surface area contributed by atoms with Crippen molar-refractivity contribution < 1.29 is 17.6 Å². The maximum atomic E-state index is 13.0. The average molecular weight is 330 g/mol. The van der Waals surface area contributed by atoms with Gasteiger partial charge in [-0.2, -0.15) is 0 Å². The Labute approximate surface area is 131 Å². The van der Waals surface area contributed by atoms with Crippen LogP contribution in [0.15, 0.2) is 24.3 Å². The molecule has 0 atom stereocenters. The zero-order valence-electron chi connectivity index (χ0n) is 13.1. The molecule has 0 fully saturated rings. The van der Waals surface area contributed by atoms with Crippen LogP contribution >= 0.6 is 0 Å². The molecule has 0 spiro atoms. The molecular formula is C15H23FN2O3S. The highest BCUT2D eigenvalue weighted by Crippen LogP contribution is 2.13. The summed E-state index contributed by atoms with van der Waals surface area (Å²) >= 11 is 0. The molecule has 1 amide bonds. The van der Waals surface area contributed by atoms with Crippen LogP contribution in [0, 0.1) is 5.82 Å². The molecule has 0 aromatic heterocycles. The number of hydrogen-bond donors (Lipinski definition) is 2. The van der Waals surface area contributed by atoms with Crippen molar-refractivity contribution in [1.29, 1.82) is 0 Å². The summed E-state index contributed by atoms with van der Waals surface area (Å²) in [6.45, 7) is 5.18. The lowest BCUT2D eigenvalue weighted by Crippen LogP contribution is -2.39. The number of amides is 1. The van der Waals surface area contributed by atoms with Gasteiger partial charge < -0.3 is 5.32 Å². The maximum Gasteiger partial charge on any atom is 0.224 e. The van der Waals surface area contributed by atoms with Gasteiger partial charge in [0.2, 0.25) is 15.9 Å². The molecule has 5 nitrogen and oxygen atoms in total. The summed E-state index contributed by atoms with van der Waals surface area (Å²) < 4.78 is 38.2. The molecule has 0 heterocycles. The molecule has 0 aliphatic heterocycles. The van der Waals surface area contributed by atoms with E-state index >= 15 is 0 Å². The van der Waals surface area contributed by atoms with E-state index in [1.807, 2.05) is 0 Å². The van der Waals surface area contributed by atoms with E-state index in [9.17, 15) is 17.6 Å². The second-order valence-corrected chi connectivity index (χ2v) is 8.55. The minimum atomic E-state index is -3.34. The number of hydrogen-bond acceptors (Lipinski definition) is 3. The van der Waals surface area contributed by atoms with Gasteiger partial charge in [-0.1, -0.05) is 6.07 Å². The molecule has 0 radical (unpaired) electrons. The SMILES string of the molecule is CC(C)(C)S(=O)(=O)NCCCCC(=O)Nc1cccc(F)c1. The average Bonchev–Trinajstić information content (AvgIpc) is 2.36. The second kappa shape index (κ2) is 7.69. The minimum Gasteiger partial charge on any atom is -0.326 e. The Kier molecular flexibility index (Phi) is 6.49. The van der Waals surface area contributed by atoms with E-state index in [-0.39, 0.29) is 12.3 Å². The van der Waals surface area contributed by atoms with Crippen molar-refractivity contribution in [1.82, 2.24) is 4.72 Å². The van der Waals surface area contributed by atoms with E-state index in [4.69, 9.17) is 0 Å². The second-order valence-electron chi connectivity index (χ2n) is 6.03. The van der Waals surface area contributed by atoms with E-state index in [1.54, 1.807) is 26.8 Å². The minimum absolute atomic E-state index is 0.218. The van der Waals surface area contributed by atoms with Crippen LogP contribution in [-0.2, 0) is 14.8 Å². The lowest BCUT2D eigenvalue weighted by Gasteiger charge is -2.19. The molecule has 124 valence electrons. The highest BCUT2D eigenvalue weighted by atomic mass is 32.2. The van der Waals surface area contributed by atoms with Crippen LogP contribution in [0.25, 0.3) is 0 Å². The van der Waals surface area contributed by atoms with Crippen molar-refractivity contribution in [2.24, 2.45) is 0 Å². The predicted molar refractivity (Wildman–Crippen MR) is 85.6 cm³/mol. The summed E-state index contributed by atoms with van der Waals surface area (Å²) in [5.74, 6) is -0.626. The van der Waals surface area contributed by atoms with E-state index in [1.165, 1.54) is 18.2 Å². The number of anilines is 1. The highest BCUT2D eigenvalue weighted by Gasteiger charge is 2.27. The van der Waals surface area contributed by atoms with Gasteiger partial charge in [-0.05, 0) is 51.8 Å². The first-order valence-corrected chi connectivity index (χ1v) is 8.65. The third kappa shape index (κ3) is 6.11. The number of carbonyl (C=O) groups is 1. The Morgan fingerprint density at radius 3 is 2.50 bits per heavy atom. The van der Waals surface area contributed by atoms with Gasteiger partial charge in [-0.3, -0.25) is 4.79 Å². The summed E-state index contributed by atoms with van der Waals surface area (Å²) in [5.41, 5.74) is 0.415. The van der Waals surface area contributed by atoms with Gasteiger partial charge >= 0.3 is 0 Å². The number of benzene rings is 1. The molecule has 0 aliphatic rings. The monoisotopic (exact) mass is 330 g/mol. The van der Waals surface area contributed by atoms with Crippen LogP contribution < -0.4 is 10.0 Å². The quantitative estimate of drug-likeness (QED) is 0.755. The Balaban J connectivity index is 2.26. The van der Waals surface area contributed by atoms with Crippen molar-refractivity contribution in [2.45, 2.75) is 44.8 Å². The smallest absolute Gasteiger partial charge is 0.224 e. The van der Waals surface area contributed by atoms with Crippen LogP contribution in [0.2, 0.25) is 0 Å². The van der Waals surface area contributed by atoms with Crippen LogP contribution in [-0.4, -0.2) is 25.6 Å². The Morgan fingerprint density at radius 1 is 1.23 bits per heavy atom. The molecule has 0 unspecified atom stereocenters. The number of nitrogens with one attached hydrogen (secondary N) is 2. The van der Waals surface area contributed by atoms with E-state index < -0.39 is 20.6 Å². The van der Waals surface area contributed by atoms with Crippen molar-refractivity contribution in [3.8, 4) is 0 Å². The third-order valence-electron chi connectivity index (χ3n) is 3.04. The zero-order chi connectivity index (χ0) is 16.8. The Hall–Kier alpha value is -1.47. The van der Waals surface area contributed by atoms with Gasteiger partial charge in [0.15, 0.2) is 0 Å². The summed E-state index contributed by atoms with van der Waals surface area (Å²) in [7, 11) is -3.34. The van der Waals surface area contributed by atoms with Crippen molar-refractivity contribution in [3.63, 3.8) is 0 Å². The van der Waals surface area contributed by atoms with Crippen molar-refractivity contribution >= 4 is 21.6 Å². The molecule has 1 aromatic rings. The lowest BCUT2D eigenvalue weighted by atomic mass is 10.2. The summed E-state index contributed by atoms with van der Waals surface area (Å²) in [6, 6.07) is 5.68. The topological polar surface area (TPSA) is 75.3 Å². The fourth-order valence-electron chi connectivity index (χ4n) is 1.62. The van der Waals surface area contributed by atoms with Gasteiger partial charge in [-0.25, -0.2) is 17.5 Å². The maximum absolute atomic E-state index is 13.0. The number of halogens is 1. The number of rotatable bonds is 7. The predicted octanol–water partition coefficient (Wildman–Crippen LogP) is 2.65. The first-order chi connectivity index (χ1) is 10.1. The van der Waals surface area contributed by atoms with E-state index in [0.717, 1.165) is 0 Å². The molecule has 0 saturated carbocycles.